The van der Waals surface area contributed by atoms with E-state index in [1.807, 2.05) is 31.2 Å². The summed E-state index contributed by atoms with van der Waals surface area (Å²) >= 11 is 6.14. The molecular formula is C17H16ClF2N3O2. The van der Waals surface area contributed by atoms with Gasteiger partial charge in [-0.25, -0.2) is 4.79 Å². The fourth-order valence-electron chi connectivity index (χ4n) is 2.24. The lowest BCUT2D eigenvalue weighted by Gasteiger charge is -2.20. The quantitative estimate of drug-likeness (QED) is 0.369. The van der Waals surface area contributed by atoms with Gasteiger partial charge in [-0.1, -0.05) is 53.6 Å². The van der Waals surface area contributed by atoms with Crippen molar-refractivity contribution in [3.63, 3.8) is 0 Å². The van der Waals surface area contributed by atoms with E-state index in [9.17, 15) is 13.6 Å². The number of hydrazine groups is 1. The van der Waals surface area contributed by atoms with E-state index in [1.165, 1.54) is 6.07 Å². The van der Waals surface area contributed by atoms with Crippen LogP contribution in [-0.2, 0) is 10.7 Å². The molecule has 0 aromatic heterocycles. The number of carboxylic acids is 1. The summed E-state index contributed by atoms with van der Waals surface area (Å²) in [5.41, 5.74) is 6.65. The van der Waals surface area contributed by atoms with Crippen molar-refractivity contribution in [1.29, 1.82) is 0 Å². The molecule has 0 aliphatic rings. The van der Waals surface area contributed by atoms with Crippen molar-refractivity contribution >= 4 is 17.6 Å². The minimum Gasteiger partial charge on any atom is -0.476 e. The number of benzene rings is 2. The molecular weight excluding hydrogens is 352 g/mol. The predicted molar refractivity (Wildman–Crippen MR) is 91.7 cm³/mol. The Balaban J connectivity index is 2.49. The molecule has 0 radical (unpaired) electrons. The average molecular weight is 368 g/mol. The first kappa shape index (κ1) is 18.7. The molecule has 2 aromatic carbocycles. The molecule has 0 saturated carbocycles. The van der Waals surface area contributed by atoms with Crippen LogP contribution in [-0.4, -0.2) is 11.1 Å². The van der Waals surface area contributed by atoms with Gasteiger partial charge in [0.1, 0.15) is 5.70 Å². The summed E-state index contributed by atoms with van der Waals surface area (Å²) in [4.78, 5) is 10.9. The SMILES string of the molecule is Cc1ccc(-c2ccc(C(F)(F)/C(N)=C(/NN)C(=O)O)cc2Cl)cc1. The first-order valence-corrected chi connectivity index (χ1v) is 7.51. The predicted octanol–water partition coefficient (Wildman–Crippen LogP) is 3.13. The standard InChI is InChI=1S/C17H16ClF2N3O2/c1-9-2-4-10(5-3-9)12-7-6-11(8-13(12)18)17(19,20)15(21)14(23-22)16(24)25/h2-8,23H,21-22H2,1H3,(H,24,25)/b15-14-. The monoisotopic (exact) mass is 367 g/mol. The van der Waals surface area contributed by atoms with Gasteiger partial charge in [-0.05, 0) is 18.6 Å². The molecule has 0 fully saturated rings. The van der Waals surface area contributed by atoms with Crippen LogP contribution >= 0.6 is 11.6 Å². The number of nitrogens with one attached hydrogen (secondary N) is 1. The number of carbonyl (C=O) groups is 1. The van der Waals surface area contributed by atoms with Crippen LogP contribution in [0.15, 0.2) is 53.9 Å². The third-order valence-corrected chi connectivity index (χ3v) is 3.97. The summed E-state index contributed by atoms with van der Waals surface area (Å²) < 4.78 is 29.0. The van der Waals surface area contributed by atoms with Crippen LogP contribution in [0.3, 0.4) is 0 Å². The number of rotatable bonds is 5. The number of hydrogen-bond acceptors (Lipinski definition) is 4. The Morgan fingerprint density at radius 3 is 2.28 bits per heavy atom. The molecule has 2 aromatic rings. The maximum absolute atomic E-state index is 14.5. The first-order valence-electron chi connectivity index (χ1n) is 7.13. The number of hydrogen-bond donors (Lipinski definition) is 4. The van der Waals surface area contributed by atoms with Crippen LogP contribution in [0, 0.1) is 6.92 Å². The van der Waals surface area contributed by atoms with Crippen LogP contribution in [0.4, 0.5) is 8.78 Å². The van der Waals surface area contributed by atoms with Gasteiger partial charge in [0.05, 0.1) is 0 Å². The molecule has 132 valence electrons. The second kappa shape index (κ2) is 7.08. The van der Waals surface area contributed by atoms with Crippen molar-refractivity contribution in [3.05, 3.63) is 70.0 Å². The average Bonchev–Trinajstić information content (AvgIpc) is 2.56. The summed E-state index contributed by atoms with van der Waals surface area (Å²) in [6, 6.07) is 11.0. The molecule has 6 N–H and O–H groups in total. The zero-order valence-corrected chi connectivity index (χ0v) is 13.9. The third-order valence-electron chi connectivity index (χ3n) is 3.66. The van der Waals surface area contributed by atoms with E-state index in [0.29, 0.717) is 5.56 Å². The zero-order valence-electron chi connectivity index (χ0n) is 13.2. The Labute approximate surface area is 147 Å². The van der Waals surface area contributed by atoms with Crippen LogP contribution in [0.1, 0.15) is 11.1 Å². The van der Waals surface area contributed by atoms with Crippen molar-refractivity contribution in [2.75, 3.05) is 0 Å². The Bertz CT molecular complexity index is 836. The number of aryl methyl sites for hydroxylation is 1. The van der Waals surface area contributed by atoms with Crippen LogP contribution in [0.25, 0.3) is 11.1 Å². The summed E-state index contributed by atoms with van der Waals surface area (Å²) in [6.07, 6.45) is 0. The van der Waals surface area contributed by atoms with Crippen LogP contribution in [0.5, 0.6) is 0 Å². The van der Waals surface area contributed by atoms with E-state index in [4.69, 9.17) is 28.3 Å². The van der Waals surface area contributed by atoms with Gasteiger partial charge in [0.2, 0.25) is 0 Å². The Morgan fingerprint density at radius 2 is 1.80 bits per heavy atom. The second-order valence-electron chi connectivity index (χ2n) is 5.37. The Kier molecular flexibility index (Phi) is 5.30. The number of carboxylic acid groups (broad SMARTS) is 1. The van der Waals surface area contributed by atoms with E-state index in [-0.39, 0.29) is 5.02 Å². The van der Waals surface area contributed by atoms with Crippen LogP contribution in [0.2, 0.25) is 5.02 Å². The van der Waals surface area contributed by atoms with E-state index in [2.05, 4.69) is 0 Å². The summed E-state index contributed by atoms with van der Waals surface area (Å²) in [5.74, 6) is -0.497. The summed E-state index contributed by atoms with van der Waals surface area (Å²) in [7, 11) is 0. The Hall–Kier alpha value is -2.64. The van der Waals surface area contributed by atoms with Gasteiger partial charge in [-0.2, -0.15) is 8.78 Å². The highest BCUT2D eigenvalue weighted by Crippen LogP contribution is 2.38. The maximum atomic E-state index is 14.5. The molecule has 0 aliphatic heterocycles. The molecule has 8 heteroatoms. The van der Waals surface area contributed by atoms with Crippen molar-refractivity contribution < 1.29 is 18.7 Å². The molecule has 5 nitrogen and oxygen atoms in total. The maximum Gasteiger partial charge on any atom is 0.355 e. The number of halogens is 3. The lowest BCUT2D eigenvalue weighted by molar-refractivity contribution is -0.133. The van der Waals surface area contributed by atoms with Gasteiger partial charge in [0, 0.05) is 16.1 Å². The highest BCUT2D eigenvalue weighted by molar-refractivity contribution is 6.33. The fraction of sp³-hybridized carbons (Fsp3) is 0.118. The van der Waals surface area contributed by atoms with E-state index in [1.54, 1.807) is 5.43 Å². The number of alkyl halides is 2. The van der Waals surface area contributed by atoms with Crippen molar-refractivity contribution in [3.8, 4) is 11.1 Å². The molecule has 2 rings (SSSR count). The lowest BCUT2D eigenvalue weighted by Crippen LogP contribution is -2.35. The zero-order chi connectivity index (χ0) is 18.8. The lowest BCUT2D eigenvalue weighted by atomic mass is 9.98. The van der Waals surface area contributed by atoms with Gasteiger partial charge in [0.15, 0.2) is 5.70 Å². The molecule has 0 saturated heterocycles. The summed E-state index contributed by atoms with van der Waals surface area (Å²) in [5, 5.41) is 8.97. The van der Waals surface area contributed by atoms with Gasteiger partial charge >= 0.3 is 11.9 Å². The van der Waals surface area contributed by atoms with Gasteiger partial charge < -0.3 is 16.3 Å². The fourth-order valence-corrected chi connectivity index (χ4v) is 2.53. The van der Waals surface area contributed by atoms with Crippen LogP contribution < -0.4 is 17.0 Å². The summed E-state index contributed by atoms with van der Waals surface area (Å²) in [6.45, 7) is 1.93. The molecule has 0 spiro atoms. The molecule has 0 atom stereocenters. The van der Waals surface area contributed by atoms with E-state index < -0.39 is 28.8 Å². The highest BCUT2D eigenvalue weighted by atomic mass is 35.5. The van der Waals surface area contributed by atoms with E-state index >= 15 is 0 Å². The van der Waals surface area contributed by atoms with Gasteiger partial charge in [0.25, 0.3) is 0 Å². The number of nitrogens with two attached hydrogens (primary N) is 2. The molecule has 0 heterocycles. The largest absolute Gasteiger partial charge is 0.476 e. The number of aliphatic carboxylic acids is 1. The first-order chi connectivity index (χ1) is 11.7. The normalized spacial score (nSPS) is 12.5. The van der Waals surface area contributed by atoms with E-state index in [0.717, 1.165) is 23.3 Å². The third kappa shape index (κ3) is 3.72. The van der Waals surface area contributed by atoms with Crippen molar-refractivity contribution in [2.24, 2.45) is 11.6 Å². The minimum absolute atomic E-state index is 0.0893. The number of allylic oxidation sites excluding steroid dienone is 1. The van der Waals surface area contributed by atoms with Crippen molar-refractivity contribution in [1.82, 2.24) is 5.43 Å². The minimum atomic E-state index is -3.77. The smallest absolute Gasteiger partial charge is 0.355 e. The van der Waals surface area contributed by atoms with Gasteiger partial charge in [-0.3, -0.25) is 5.84 Å². The molecule has 0 aliphatic carbocycles. The molecule has 0 unspecified atom stereocenters. The molecule has 0 bridgehead atoms. The molecule has 0 amide bonds. The topological polar surface area (TPSA) is 101 Å². The second-order valence-corrected chi connectivity index (χ2v) is 5.78. The highest BCUT2D eigenvalue weighted by Gasteiger charge is 2.39. The Morgan fingerprint density at radius 1 is 1.20 bits per heavy atom. The van der Waals surface area contributed by atoms with Gasteiger partial charge in [-0.15, -0.1) is 0 Å². The molecule has 25 heavy (non-hydrogen) atoms. The van der Waals surface area contributed by atoms with Crippen molar-refractivity contribution in [2.45, 2.75) is 12.8 Å².